The van der Waals surface area contributed by atoms with Gasteiger partial charge in [0.2, 0.25) is 0 Å². The fraction of sp³-hybridized carbons (Fsp3) is 0.0769. The van der Waals surface area contributed by atoms with Crippen LogP contribution in [-0.4, -0.2) is 20.8 Å². The van der Waals surface area contributed by atoms with Gasteiger partial charge < -0.3 is 10.3 Å². The van der Waals surface area contributed by atoms with Crippen LogP contribution in [0, 0.1) is 17.0 Å². The van der Waals surface area contributed by atoms with E-state index in [1.54, 1.807) is 13.1 Å². The van der Waals surface area contributed by atoms with E-state index in [1.165, 1.54) is 18.2 Å². The molecule has 0 spiro atoms. The molecular weight excluding hydrogens is 302 g/mol. The first-order valence-corrected chi connectivity index (χ1v) is 6.43. The van der Waals surface area contributed by atoms with E-state index < -0.39 is 10.8 Å². The molecule has 0 saturated heterocycles. The standard InChI is InChI=1S/C13H9N7O3/c1-6-5-15-10(16-6)4-7-11-8(17-13(7)21)2-3-9(20(22)23)12(11)18-19-14/h2-5H,1H3,(H,15,16)(H,17,21). The summed E-state index contributed by atoms with van der Waals surface area (Å²) in [4.78, 5) is 32.3. The minimum Gasteiger partial charge on any atom is -0.343 e. The molecule has 1 aliphatic rings. The van der Waals surface area contributed by atoms with E-state index in [4.69, 9.17) is 5.53 Å². The number of carbonyl (C=O) groups excluding carboxylic acids is 1. The molecule has 2 aromatic rings. The van der Waals surface area contributed by atoms with Gasteiger partial charge in [-0.1, -0.05) is 5.11 Å². The molecule has 0 saturated carbocycles. The Kier molecular flexibility index (Phi) is 3.28. The van der Waals surface area contributed by atoms with Crippen molar-refractivity contribution < 1.29 is 9.72 Å². The van der Waals surface area contributed by atoms with Crippen LogP contribution < -0.4 is 5.32 Å². The Morgan fingerprint density at radius 1 is 1.48 bits per heavy atom. The first-order chi connectivity index (χ1) is 11.0. The Balaban J connectivity index is 2.27. The lowest BCUT2D eigenvalue weighted by Crippen LogP contribution is -2.03. The molecule has 1 aliphatic heterocycles. The van der Waals surface area contributed by atoms with Gasteiger partial charge in [-0.05, 0) is 24.6 Å². The topological polar surface area (TPSA) is 150 Å². The molecule has 10 heteroatoms. The third kappa shape index (κ3) is 2.39. The zero-order valence-electron chi connectivity index (χ0n) is 11.8. The first kappa shape index (κ1) is 14.3. The second kappa shape index (κ2) is 5.28. The number of hydrogen-bond donors (Lipinski definition) is 2. The van der Waals surface area contributed by atoms with Gasteiger partial charge in [0, 0.05) is 28.4 Å². The normalized spacial score (nSPS) is 14.3. The molecule has 0 bridgehead atoms. The number of anilines is 1. The molecule has 1 aromatic heterocycles. The summed E-state index contributed by atoms with van der Waals surface area (Å²) in [5.74, 6) is -0.0390. The molecule has 0 unspecified atom stereocenters. The van der Waals surface area contributed by atoms with E-state index in [0.29, 0.717) is 11.5 Å². The van der Waals surface area contributed by atoms with Crippen molar-refractivity contribution in [1.29, 1.82) is 0 Å². The molecule has 1 amide bonds. The Morgan fingerprint density at radius 3 is 2.87 bits per heavy atom. The van der Waals surface area contributed by atoms with E-state index in [9.17, 15) is 14.9 Å². The number of hydrogen-bond acceptors (Lipinski definition) is 5. The average molecular weight is 311 g/mol. The molecule has 0 atom stereocenters. The van der Waals surface area contributed by atoms with Crippen LogP contribution in [0.3, 0.4) is 0 Å². The molecule has 2 N–H and O–H groups in total. The molecule has 23 heavy (non-hydrogen) atoms. The predicted molar refractivity (Wildman–Crippen MR) is 81.7 cm³/mol. The van der Waals surface area contributed by atoms with Crippen molar-refractivity contribution in [3.8, 4) is 0 Å². The highest BCUT2D eigenvalue weighted by molar-refractivity contribution is 6.36. The van der Waals surface area contributed by atoms with Gasteiger partial charge in [-0.25, -0.2) is 4.98 Å². The number of nitro groups is 1. The van der Waals surface area contributed by atoms with Crippen LogP contribution in [0.15, 0.2) is 23.4 Å². The fourth-order valence-corrected chi connectivity index (χ4v) is 2.33. The van der Waals surface area contributed by atoms with Crippen molar-refractivity contribution in [3.05, 3.63) is 56.0 Å². The van der Waals surface area contributed by atoms with Gasteiger partial charge in [0.1, 0.15) is 11.5 Å². The highest BCUT2D eigenvalue weighted by Crippen LogP contribution is 2.44. The van der Waals surface area contributed by atoms with Crippen LogP contribution in [-0.2, 0) is 4.79 Å². The van der Waals surface area contributed by atoms with E-state index >= 15 is 0 Å². The maximum absolute atomic E-state index is 12.2. The number of azide groups is 1. The highest BCUT2D eigenvalue weighted by atomic mass is 16.6. The minimum atomic E-state index is -0.665. The van der Waals surface area contributed by atoms with Crippen LogP contribution >= 0.6 is 0 Å². The second-order valence-electron chi connectivity index (χ2n) is 4.77. The smallest absolute Gasteiger partial charge is 0.279 e. The number of H-pyrrole nitrogens is 1. The average Bonchev–Trinajstić information content (AvgIpc) is 3.04. The third-order valence-corrected chi connectivity index (χ3v) is 3.26. The summed E-state index contributed by atoms with van der Waals surface area (Å²) in [7, 11) is 0. The van der Waals surface area contributed by atoms with Crippen LogP contribution in [0.1, 0.15) is 17.1 Å². The van der Waals surface area contributed by atoms with E-state index in [-0.39, 0.29) is 22.5 Å². The van der Waals surface area contributed by atoms with Crippen LogP contribution in [0.2, 0.25) is 0 Å². The lowest BCUT2D eigenvalue weighted by molar-refractivity contribution is -0.384. The number of carbonyl (C=O) groups is 1. The quantitative estimate of drug-likeness (QED) is 0.223. The van der Waals surface area contributed by atoms with Gasteiger partial charge in [0.15, 0.2) is 0 Å². The summed E-state index contributed by atoms with van der Waals surface area (Å²) in [6.07, 6.45) is 3.04. The SMILES string of the molecule is Cc1cnc(C=C2C(=O)Nc3ccc([N+](=O)[O-])c(N=[N+]=[N-])c32)[nH]1. The lowest BCUT2D eigenvalue weighted by Gasteiger charge is -2.03. The van der Waals surface area contributed by atoms with Gasteiger partial charge >= 0.3 is 0 Å². The van der Waals surface area contributed by atoms with Crippen LogP contribution in [0.5, 0.6) is 0 Å². The highest BCUT2D eigenvalue weighted by Gasteiger charge is 2.31. The summed E-state index contributed by atoms with van der Waals surface area (Å²) in [6.45, 7) is 1.80. The minimum absolute atomic E-state index is 0.139. The number of nitro benzene ring substituents is 1. The Bertz CT molecular complexity index is 922. The number of aromatic nitrogens is 2. The van der Waals surface area contributed by atoms with Crippen molar-refractivity contribution in [3.63, 3.8) is 0 Å². The van der Waals surface area contributed by atoms with E-state index in [2.05, 4.69) is 25.3 Å². The molecule has 3 rings (SSSR count). The largest absolute Gasteiger partial charge is 0.343 e. The summed E-state index contributed by atoms with van der Waals surface area (Å²) in [5, 5.41) is 17.1. The third-order valence-electron chi connectivity index (χ3n) is 3.26. The monoisotopic (exact) mass is 311 g/mol. The maximum Gasteiger partial charge on any atom is 0.279 e. The molecule has 1 aromatic carbocycles. The van der Waals surface area contributed by atoms with Crippen molar-refractivity contribution in [1.82, 2.24) is 9.97 Å². The first-order valence-electron chi connectivity index (χ1n) is 6.43. The predicted octanol–water partition coefficient (Wildman–Crippen LogP) is 3.06. The number of benzene rings is 1. The molecule has 0 fully saturated rings. The summed E-state index contributed by atoms with van der Waals surface area (Å²) in [6, 6.07) is 2.58. The molecule has 0 aliphatic carbocycles. The molecular formula is C13H9N7O3. The Hall–Kier alpha value is -3.65. The molecule has 0 radical (unpaired) electrons. The number of aryl methyl sites for hydroxylation is 1. The van der Waals surface area contributed by atoms with Gasteiger partial charge in [0.05, 0.1) is 16.2 Å². The number of rotatable bonds is 3. The van der Waals surface area contributed by atoms with Gasteiger partial charge in [-0.15, -0.1) is 0 Å². The Labute approximate surface area is 128 Å². The number of fused-ring (bicyclic) bond motifs is 1. The zero-order valence-corrected chi connectivity index (χ0v) is 11.8. The maximum atomic E-state index is 12.2. The van der Waals surface area contributed by atoms with E-state index in [0.717, 1.165) is 5.69 Å². The number of imidazole rings is 1. The number of nitrogens with zero attached hydrogens (tertiary/aromatic N) is 5. The van der Waals surface area contributed by atoms with Crippen molar-refractivity contribution >= 4 is 34.6 Å². The fourth-order valence-electron chi connectivity index (χ4n) is 2.33. The lowest BCUT2D eigenvalue weighted by atomic mass is 10.0. The molecule has 2 heterocycles. The number of aromatic amines is 1. The second-order valence-corrected chi connectivity index (χ2v) is 4.77. The van der Waals surface area contributed by atoms with Crippen LogP contribution in [0.4, 0.5) is 17.1 Å². The number of nitrogens with one attached hydrogen (secondary N) is 2. The van der Waals surface area contributed by atoms with Gasteiger partial charge in [0.25, 0.3) is 11.6 Å². The van der Waals surface area contributed by atoms with E-state index in [1.807, 2.05) is 0 Å². The summed E-state index contributed by atoms with van der Waals surface area (Å²) in [5.41, 5.74) is 9.58. The molecule has 10 nitrogen and oxygen atoms in total. The summed E-state index contributed by atoms with van der Waals surface area (Å²) >= 11 is 0. The summed E-state index contributed by atoms with van der Waals surface area (Å²) < 4.78 is 0. The van der Waals surface area contributed by atoms with Crippen molar-refractivity contribution in [2.24, 2.45) is 5.11 Å². The van der Waals surface area contributed by atoms with Crippen LogP contribution in [0.25, 0.3) is 22.1 Å². The number of amides is 1. The van der Waals surface area contributed by atoms with Crippen molar-refractivity contribution in [2.45, 2.75) is 6.92 Å². The van der Waals surface area contributed by atoms with Crippen molar-refractivity contribution in [2.75, 3.05) is 5.32 Å². The van der Waals surface area contributed by atoms with Gasteiger partial charge in [-0.3, -0.25) is 14.9 Å². The van der Waals surface area contributed by atoms with Gasteiger partial charge in [-0.2, -0.15) is 0 Å². The Morgan fingerprint density at radius 2 is 2.26 bits per heavy atom. The zero-order chi connectivity index (χ0) is 16.6. The molecule has 114 valence electrons.